The molecule has 0 bridgehead atoms. The number of methoxy groups -OCH3 is 1. The quantitative estimate of drug-likeness (QED) is 0.835. The van der Waals surface area contributed by atoms with Gasteiger partial charge in [0.1, 0.15) is 12.3 Å². The molecule has 3 rings (SSSR count). The fourth-order valence-electron chi connectivity index (χ4n) is 2.89. The van der Waals surface area contributed by atoms with Gasteiger partial charge in [0.2, 0.25) is 11.8 Å². The van der Waals surface area contributed by atoms with Crippen LogP contribution in [0.25, 0.3) is 0 Å². The minimum atomic E-state index is -0.0748. The summed E-state index contributed by atoms with van der Waals surface area (Å²) < 4.78 is 5.21. The second-order valence-electron chi connectivity index (χ2n) is 5.92. The number of pyridine rings is 1. The molecular formula is C19H21N3O3. The van der Waals surface area contributed by atoms with Crippen LogP contribution in [0.2, 0.25) is 0 Å². The Bertz CT molecular complexity index is 749. The van der Waals surface area contributed by atoms with Gasteiger partial charge in [0.15, 0.2) is 0 Å². The summed E-state index contributed by atoms with van der Waals surface area (Å²) in [6, 6.07) is 11.2. The SMILES string of the molecule is COc1cccc(N2CCN(C(=O)CCc3cccnc3)CC2=O)c1. The molecule has 0 aliphatic carbocycles. The lowest BCUT2D eigenvalue weighted by molar-refractivity contribution is -0.136. The fraction of sp³-hybridized carbons (Fsp3) is 0.316. The zero-order chi connectivity index (χ0) is 17.6. The Morgan fingerprint density at radius 3 is 2.84 bits per heavy atom. The molecule has 6 heteroatoms. The molecule has 25 heavy (non-hydrogen) atoms. The Balaban J connectivity index is 1.57. The van der Waals surface area contributed by atoms with E-state index in [1.165, 1.54) is 0 Å². The third kappa shape index (κ3) is 4.15. The van der Waals surface area contributed by atoms with E-state index in [0.29, 0.717) is 31.7 Å². The van der Waals surface area contributed by atoms with Crippen molar-refractivity contribution in [1.82, 2.24) is 9.88 Å². The van der Waals surface area contributed by atoms with Crippen molar-refractivity contribution in [3.63, 3.8) is 0 Å². The average molecular weight is 339 g/mol. The second-order valence-corrected chi connectivity index (χ2v) is 5.92. The first-order valence-electron chi connectivity index (χ1n) is 8.28. The molecule has 1 fully saturated rings. The number of hydrogen-bond acceptors (Lipinski definition) is 4. The van der Waals surface area contributed by atoms with Gasteiger partial charge in [0.25, 0.3) is 0 Å². The van der Waals surface area contributed by atoms with E-state index in [1.54, 1.807) is 29.3 Å². The van der Waals surface area contributed by atoms with Gasteiger partial charge in [-0.15, -0.1) is 0 Å². The minimum absolute atomic E-state index is 0.00231. The molecule has 0 atom stereocenters. The van der Waals surface area contributed by atoms with E-state index in [4.69, 9.17) is 4.74 Å². The maximum absolute atomic E-state index is 12.5. The smallest absolute Gasteiger partial charge is 0.246 e. The van der Waals surface area contributed by atoms with E-state index < -0.39 is 0 Å². The van der Waals surface area contributed by atoms with E-state index >= 15 is 0 Å². The molecule has 2 amide bonds. The van der Waals surface area contributed by atoms with Gasteiger partial charge in [0, 0.05) is 43.7 Å². The summed E-state index contributed by atoms with van der Waals surface area (Å²) in [5.74, 6) is 0.636. The summed E-state index contributed by atoms with van der Waals surface area (Å²) in [6.45, 7) is 1.14. The maximum atomic E-state index is 12.5. The molecule has 0 N–H and O–H groups in total. The number of nitrogens with zero attached hydrogens (tertiary/aromatic N) is 3. The molecule has 130 valence electrons. The average Bonchev–Trinajstić information content (AvgIpc) is 2.67. The first-order chi connectivity index (χ1) is 12.2. The van der Waals surface area contributed by atoms with Gasteiger partial charge in [-0.2, -0.15) is 0 Å². The third-order valence-electron chi connectivity index (χ3n) is 4.29. The number of hydrogen-bond donors (Lipinski definition) is 0. The molecule has 0 radical (unpaired) electrons. The summed E-state index contributed by atoms with van der Waals surface area (Å²) in [6.07, 6.45) is 4.50. The lowest BCUT2D eigenvalue weighted by Crippen LogP contribution is -2.52. The fourth-order valence-corrected chi connectivity index (χ4v) is 2.89. The van der Waals surface area contributed by atoms with Crippen LogP contribution in [0.4, 0.5) is 5.69 Å². The first kappa shape index (κ1) is 17.0. The molecule has 0 saturated carbocycles. The Kier molecular flexibility index (Phi) is 5.28. The number of amides is 2. The second kappa shape index (κ2) is 7.79. The Morgan fingerprint density at radius 1 is 1.24 bits per heavy atom. The summed E-state index contributed by atoms with van der Waals surface area (Å²) >= 11 is 0. The lowest BCUT2D eigenvalue weighted by atomic mass is 10.1. The number of piperazine rings is 1. The molecule has 1 aromatic heterocycles. The van der Waals surface area contributed by atoms with Crippen molar-refractivity contribution in [1.29, 1.82) is 0 Å². The highest BCUT2D eigenvalue weighted by molar-refractivity contribution is 5.98. The number of aryl methyl sites for hydroxylation is 1. The molecule has 1 saturated heterocycles. The Hall–Kier alpha value is -2.89. The normalized spacial score (nSPS) is 14.5. The van der Waals surface area contributed by atoms with E-state index in [2.05, 4.69) is 4.98 Å². The number of carbonyl (C=O) groups is 2. The zero-order valence-corrected chi connectivity index (χ0v) is 14.2. The van der Waals surface area contributed by atoms with E-state index in [-0.39, 0.29) is 18.4 Å². The predicted octanol–water partition coefficient (Wildman–Crippen LogP) is 1.90. The summed E-state index contributed by atoms with van der Waals surface area (Å²) in [7, 11) is 1.60. The number of ether oxygens (including phenoxy) is 1. The van der Waals surface area contributed by atoms with Gasteiger partial charge in [-0.3, -0.25) is 14.6 Å². The minimum Gasteiger partial charge on any atom is -0.497 e. The highest BCUT2D eigenvalue weighted by Gasteiger charge is 2.27. The van der Waals surface area contributed by atoms with Crippen LogP contribution in [0.15, 0.2) is 48.8 Å². The molecule has 0 unspecified atom stereocenters. The van der Waals surface area contributed by atoms with Crippen LogP contribution in [-0.4, -0.2) is 48.4 Å². The van der Waals surface area contributed by atoms with Crippen LogP contribution in [-0.2, 0) is 16.0 Å². The third-order valence-corrected chi connectivity index (χ3v) is 4.29. The molecule has 2 heterocycles. The number of benzene rings is 1. The molecule has 1 aliphatic heterocycles. The maximum Gasteiger partial charge on any atom is 0.246 e. The molecule has 2 aromatic rings. The standard InChI is InChI=1S/C19H21N3O3/c1-25-17-6-2-5-16(12-17)22-11-10-21(14-19(22)24)18(23)8-7-15-4-3-9-20-13-15/h2-6,9,12-13H,7-8,10-11,14H2,1H3. The van der Waals surface area contributed by atoms with Gasteiger partial charge >= 0.3 is 0 Å². The van der Waals surface area contributed by atoms with Crippen molar-refractivity contribution in [2.75, 3.05) is 31.6 Å². The Morgan fingerprint density at radius 2 is 2.12 bits per heavy atom. The topological polar surface area (TPSA) is 62.7 Å². The summed E-state index contributed by atoms with van der Waals surface area (Å²) in [5.41, 5.74) is 1.82. The summed E-state index contributed by atoms with van der Waals surface area (Å²) in [4.78, 5) is 32.2. The van der Waals surface area contributed by atoms with Crippen LogP contribution in [0, 0.1) is 0 Å². The van der Waals surface area contributed by atoms with E-state index in [9.17, 15) is 9.59 Å². The van der Waals surface area contributed by atoms with Gasteiger partial charge in [-0.05, 0) is 30.2 Å². The molecule has 1 aromatic carbocycles. The van der Waals surface area contributed by atoms with Crippen molar-refractivity contribution in [3.8, 4) is 5.75 Å². The largest absolute Gasteiger partial charge is 0.497 e. The van der Waals surface area contributed by atoms with E-state index in [0.717, 1.165) is 11.3 Å². The highest BCUT2D eigenvalue weighted by Crippen LogP contribution is 2.22. The van der Waals surface area contributed by atoms with E-state index in [1.807, 2.05) is 36.4 Å². The van der Waals surface area contributed by atoms with Crippen molar-refractivity contribution in [2.24, 2.45) is 0 Å². The predicted molar refractivity (Wildman–Crippen MR) is 94.5 cm³/mol. The highest BCUT2D eigenvalue weighted by atomic mass is 16.5. The van der Waals surface area contributed by atoms with Crippen LogP contribution >= 0.6 is 0 Å². The van der Waals surface area contributed by atoms with Gasteiger partial charge in [-0.1, -0.05) is 12.1 Å². The number of aromatic nitrogens is 1. The number of carbonyl (C=O) groups excluding carboxylic acids is 2. The zero-order valence-electron chi connectivity index (χ0n) is 14.2. The van der Waals surface area contributed by atoms with Crippen LogP contribution in [0.3, 0.4) is 0 Å². The molecule has 0 spiro atoms. The van der Waals surface area contributed by atoms with Crippen LogP contribution in [0.5, 0.6) is 5.75 Å². The van der Waals surface area contributed by atoms with Crippen molar-refractivity contribution < 1.29 is 14.3 Å². The van der Waals surface area contributed by atoms with Crippen molar-refractivity contribution in [2.45, 2.75) is 12.8 Å². The van der Waals surface area contributed by atoms with Gasteiger partial charge in [-0.25, -0.2) is 0 Å². The van der Waals surface area contributed by atoms with Crippen molar-refractivity contribution in [3.05, 3.63) is 54.4 Å². The number of anilines is 1. The molecular weight excluding hydrogens is 318 g/mol. The van der Waals surface area contributed by atoms with Gasteiger partial charge < -0.3 is 14.5 Å². The molecule has 6 nitrogen and oxygen atoms in total. The molecule has 1 aliphatic rings. The first-order valence-corrected chi connectivity index (χ1v) is 8.28. The monoisotopic (exact) mass is 339 g/mol. The van der Waals surface area contributed by atoms with Crippen LogP contribution in [0.1, 0.15) is 12.0 Å². The number of rotatable bonds is 5. The lowest BCUT2D eigenvalue weighted by Gasteiger charge is -2.34. The summed E-state index contributed by atoms with van der Waals surface area (Å²) in [5, 5.41) is 0. The van der Waals surface area contributed by atoms with Crippen LogP contribution < -0.4 is 9.64 Å². The Labute approximate surface area is 147 Å². The van der Waals surface area contributed by atoms with Gasteiger partial charge in [0.05, 0.1) is 7.11 Å². The van der Waals surface area contributed by atoms with Crippen molar-refractivity contribution >= 4 is 17.5 Å².